The Hall–Kier alpha value is -0.840. The van der Waals surface area contributed by atoms with Gasteiger partial charge in [0.15, 0.2) is 31.5 Å². The molecule has 12 N–H and O–H groups in total. The van der Waals surface area contributed by atoms with Crippen molar-refractivity contribution in [1.29, 1.82) is 0 Å². The van der Waals surface area contributed by atoms with Crippen molar-refractivity contribution in [2.24, 2.45) is 0 Å². The van der Waals surface area contributed by atoms with Crippen LogP contribution in [0.5, 0.6) is 0 Å². The van der Waals surface area contributed by atoms with Gasteiger partial charge in [0.25, 0.3) is 0 Å². The number of aliphatic hydroxyl groups is 12. The van der Waals surface area contributed by atoms with E-state index in [9.17, 15) is 61.3 Å². The largest absolute Gasteiger partial charge is 0.388 e. The SMILES string of the molecule is C[C@@H]1O[C@@H](O[C@H]2[C@H](O[C@H]3[C@H](O[C@H]4[C@H](O[C@@H]5[C@H](O)[C@@H](O)[C@H](C)O[C@H]5O)O[C@@H](C)[C@H](O)[C@H]4O)O[C@@H](C)[C@H](O)[C@H]3O)O[C@@H](C)[C@H](O)[C@H]2O)[C@H](O)[C@H](O)[C@H]1O. The van der Waals surface area contributed by atoms with Gasteiger partial charge in [0.1, 0.15) is 91.6 Å². The Kier molecular flexibility index (Phi) is 13.4. The molecule has 0 saturated carbocycles. The molecule has 5 saturated heterocycles. The Morgan fingerprint density at radius 1 is 0.275 bits per heavy atom. The van der Waals surface area contributed by atoms with Gasteiger partial charge in [-0.3, -0.25) is 0 Å². The van der Waals surface area contributed by atoms with E-state index in [1.54, 1.807) is 0 Å². The zero-order chi connectivity index (χ0) is 37.8. The second kappa shape index (κ2) is 16.5. The second-order valence-corrected chi connectivity index (χ2v) is 13.9. The van der Waals surface area contributed by atoms with E-state index in [-0.39, 0.29) is 0 Å². The maximum absolute atomic E-state index is 11.2. The van der Waals surface area contributed by atoms with Crippen LogP contribution in [0.15, 0.2) is 0 Å². The highest BCUT2D eigenvalue weighted by Crippen LogP contribution is 2.36. The highest BCUT2D eigenvalue weighted by molar-refractivity contribution is 4.97. The van der Waals surface area contributed by atoms with Crippen molar-refractivity contribution >= 4 is 0 Å². The van der Waals surface area contributed by atoms with Crippen LogP contribution in [0.25, 0.3) is 0 Å². The Bertz CT molecular complexity index is 1120. The van der Waals surface area contributed by atoms with Gasteiger partial charge in [0.2, 0.25) is 0 Å². The first kappa shape index (κ1) is 41.3. The summed E-state index contributed by atoms with van der Waals surface area (Å²) in [5.41, 5.74) is 0. The zero-order valence-electron chi connectivity index (χ0n) is 28.5. The smallest absolute Gasteiger partial charge is 0.187 e. The molecule has 0 aliphatic carbocycles. The van der Waals surface area contributed by atoms with Crippen molar-refractivity contribution in [3.63, 3.8) is 0 Å². The van der Waals surface area contributed by atoms with E-state index in [1.165, 1.54) is 34.6 Å². The summed E-state index contributed by atoms with van der Waals surface area (Å²) in [5, 5.41) is 128. The van der Waals surface area contributed by atoms with Crippen LogP contribution in [-0.4, -0.2) is 215 Å². The average molecular weight is 749 g/mol. The molecule has 5 aliphatic heterocycles. The third-order valence-electron chi connectivity index (χ3n) is 10.1. The van der Waals surface area contributed by atoms with E-state index in [4.69, 9.17) is 42.6 Å². The van der Waals surface area contributed by atoms with E-state index in [1.807, 2.05) is 0 Å². The minimum Gasteiger partial charge on any atom is -0.388 e. The van der Waals surface area contributed by atoms with Crippen LogP contribution < -0.4 is 0 Å². The molecule has 5 aliphatic rings. The van der Waals surface area contributed by atoms with Crippen molar-refractivity contribution in [2.75, 3.05) is 0 Å². The molecular formula is C30H52O21. The number of hydrogen-bond acceptors (Lipinski definition) is 21. The van der Waals surface area contributed by atoms with Gasteiger partial charge in [-0.25, -0.2) is 0 Å². The van der Waals surface area contributed by atoms with Crippen LogP contribution in [0.4, 0.5) is 0 Å². The Balaban J connectivity index is 1.40. The van der Waals surface area contributed by atoms with Gasteiger partial charge < -0.3 is 104 Å². The van der Waals surface area contributed by atoms with Gasteiger partial charge in [-0.05, 0) is 34.6 Å². The predicted octanol–water partition coefficient (Wildman–Crippen LogP) is -6.79. The minimum absolute atomic E-state index is 0.978. The molecule has 0 aromatic carbocycles. The summed E-state index contributed by atoms with van der Waals surface area (Å²) in [4.78, 5) is 0. The topological polar surface area (TPSA) is 326 Å². The summed E-state index contributed by atoms with van der Waals surface area (Å²) in [6.45, 7) is 6.94. The lowest BCUT2D eigenvalue weighted by Gasteiger charge is -2.50. The summed E-state index contributed by atoms with van der Waals surface area (Å²) in [7, 11) is 0. The van der Waals surface area contributed by atoms with Gasteiger partial charge in [0.05, 0.1) is 30.5 Å². The van der Waals surface area contributed by atoms with Crippen LogP contribution in [0.1, 0.15) is 34.6 Å². The van der Waals surface area contributed by atoms with Gasteiger partial charge in [0, 0.05) is 0 Å². The zero-order valence-corrected chi connectivity index (χ0v) is 28.5. The number of rotatable bonds is 8. The fraction of sp³-hybridized carbons (Fsp3) is 1.00. The van der Waals surface area contributed by atoms with Crippen LogP contribution in [-0.2, 0) is 42.6 Å². The standard InChI is InChI=1S/C30H52O21/c1-6-12(32)17(37)22(26(42)43-6)48-28-24(19(39)14(34)8(3)45-28)50-30-25(20(40)15(35)10(5)47-30)51-29-23(18(38)13(33)9(4)46-29)49-27-21(41)16(36)11(31)7(2)44-27/h6-42H,1-5H3/t6-,7-,8-,9-,10-,11-,12-,13-,14-,15-,16+,17+,18+,19+,20+,21+,22+,23+,24+,25+,26+,27-,28-,29-,30-/m0/s1. The molecule has 0 unspecified atom stereocenters. The van der Waals surface area contributed by atoms with Crippen molar-refractivity contribution in [1.82, 2.24) is 0 Å². The average Bonchev–Trinajstić information content (AvgIpc) is 3.08. The number of aliphatic hydroxyl groups excluding tert-OH is 12. The summed E-state index contributed by atoms with van der Waals surface area (Å²) in [5.74, 6) is 0. The lowest BCUT2D eigenvalue weighted by Crippen LogP contribution is -2.67. The molecule has 0 spiro atoms. The normalized spacial score (nSPS) is 57.2. The van der Waals surface area contributed by atoms with Crippen molar-refractivity contribution in [2.45, 2.75) is 188 Å². The molecule has 0 aromatic rings. The lowest BCUT2D eigenvalue weighted by molar-refractivity contribution is -0.408. The van der Waals surface area contributed by atoms with Crippen LogP contribution in [0.2, 0.25) is 0 Å². The molecule has 0 aromatic heterocycles. The highest BCUT2D eigenvalue weighted by Gasteiger charge is 2.56. The maximum atomic E-state index is 11.2. The molecule has 25 atom stereocenters. The maximum Gasteiger partial charge on any atom is 0.187 e. The Morgan fingerprint density at radius 3 is 0.902 bits per heavy atom. The summed E-state index contributed by atoms with van der Waals surface area (Å²) in [6, 6.07) is 0. The fourth-order valence-electron chi connectivity index (χ4n) is 6.68. The third-order valence-corrected chi connectivity index (χ3v) is 10.1. The third kappa shape index (κ3) is 8.24. The first-order valence-corrected chi connectivity index (χ1v) is 16.9. The molecular weight excluding hydrogens is 696 g/mol. The Labute approximate surface area is 292 Å². The molecule has 298 valence electrons. The lowest BCUT2D eigenvalue weighted by atomic mass is 9.96. The van der Waals surface area contributed by atoms with E-state index >= 15 is 0 Å². The van der Waals surface area contributed by atoms with E-state index in [0.29, 0.717) is 0 Å². The second-order valence-electron chi connectivity index (χ2n) is 13.9. The first-order valence-electron chi connectivity index (χ1n) is 16.9. The molecule has 0 amide bonds. The van der Waals surface area contributed by atoms with Crippen molar-refractivity contribution in [3.8, 4) is 0 Å². The van der Waals surface area contributed by atoms with Crippen LogP contribution in [0, 0.1) is 0 Å². The molecule has 51 heavy (non-hydrogen) atoms. The molecule has 0 bridgehead atoms. The van der Waals surface area contributed by atoms with E-state index in [0.717, 1.165) is 0 Å². The summed E-state index contributed by atoms with van der Waals surface area (Å²) in [6.07, 6.45) is -39.4. The molecule has 0 radical (unpaired) electrons. The van der Waals surface area contributed by atoms with E-state index in [2.05, 4.69) is 0 Å². The molecule has 21 nitrogen and oxygen atoms in total. The monoisotopic (exact) mass is 748 g/mol. The van der Waals surface area contributed by atoms with Gasteiger partial charge in [-0.2, -0.15) is 0 Å². The predicted molar refractivity (Wildman–Crippen MR) is 159 cm³/mol. The summed E-state index contributed by atoms with van der Waals surface area (Å²) >= 11 is 0. The van der Waals surface area contributed by atoms with Crippen molar-refractivity contribution in [3.05, 3.63) is 0 Å². The van der Waals surface area contributed by atoms with Crippen LogP contribution in [0.3, 0.4) is 0 Å². The summed E-state index contributed by atoms with van der Waals surface area (Å²) < 4.78 is 51.5. The Morgan fingerprint density at radius 2 is 0.529 bits per heavy atom. The fourth-order valence-corrected chi connectivity index (χ4v) is 6.68. The number of ether oxygens (including phenoxy) is 9. The quantitative estimate of drug-likeness (QED) is 0.110. The van der Waals surface area contributed by atoms with Gasteiger partial charge in [-0.1, -0.05) is 0 Å². The molecule has 21 heteroatoms. The first-order chi connectivity index (χ1) is 23.8. The minimum atomic E-state index is -1.84. The van der Waals surface area contributed by atoms with Crippen LogP contribution >= 0.6 is 0 Å². The van der Waals surface area contributed by atoms with Crippen molar-refractivity contribution < 1.29 is 104 Å². The van der Waals surface area contributed by atoms with Gasteiger partial charge >= 0.3 is 0 Å². The van der Waals surface area contributed by atoms with E-state index < -0.39 is 154 Å². The van der Waals surface area contributed by atoms with Gasteiger partial charge in [-0.15, -0.1) is 0 Å². The molecule has 5 heterocycles. The molecule has 5 fully saturated rings. The molecule has 5 rings (SSSR count). The number of hydrogen-bond donors (Lipinski definition) is 12. The highest BCUT2D eigenvalue weighted by atomic mass is 16.8.